The third kappa shape index (κ3) is 3.83. The number of anilines is 1. The Morgan fingerprint density at radius 2 is 2.12 bits per heavy atom. The molecule has 1 aromatic heterocycles. The van der Waals surface area contributed by atoms with Gasteiger partial charge in [0.25, 0.3) is 5.91 Å². The number of thiol groups is 1. The highest BCUT2D eigenvalue weighted by Crippen LogP contribution is 2.22. The van der Waals surface area contributed by atoms with Crippen molar-refractivity contribution in [3.8, 4) is 11.8 Å². The molecule has 8 nitrogen and oxygen atoms in total. The van der Waals surface area contributed by atoms with Crippen molar-refractivity contribution in [1.82, 2.24) is 19.6 Å². The molecule has 2 rings (SSSR count). The van der Waals surface area contributed by atoms with Gasteiger partial charge in [0.1, 0.15) is 0 Å². The summed E-state index contributed by atoms with van der Waals surface area (Å²) in [7, 11) is 0. The minimum Gasteiger partial charge on any atom is -0.461 e. The number of imidazole rings is 1. The van der Waals surface area contributed by atoms with Gasteiger partial charge in [-0.2, -0.15) is 0 Å². The van der Waals surface area contributed by atoms with Gasteiger partial charge in [-0.15, -0.1) is 5.92 Å². The first kappa shape index (κ1) is 18.2. The monoisotopic (exact) mass is 351 g/mol. The molecule has 24 heavy (non-hydrogen) atoms. The number of piperazine rings is 1. The first-order chi connectivity index (χ1) is 11.6. The van der Waals surface area contributed by atoms with E-state index in [1.54, 1.807) is 18.4 Å². The van der Waals surface area contributed by atoms with Gasteiger partial charge in [0.15, 0.2) is 11.4 Å². The van der Waals surface area contributed by atoms with Crippen molar-refractivity contribution in [3.63, 3.8) is 0 Å². The summed E-state index contributed by atoms with van der Waals surface area (Å²) in [5.41, 5.74) is 0.0922. The highest BCUT2D eigenvalue weighted by Gasteiger charge is 2.30. The van der Waals surface area contributed by atoms with Crippen molar-refractivity contribution in [3.05, 3.63) is 11.4 Å². The van der Waals surface area contributed by atoms with E-state index in [9.17, 15) is 9.59 Å². The van der Waals surface area contributed by atoms with Gasteiger partial charge < -0.3 is 15.0 Å². The molecule has 0 radical (unpaired) electrons. The van der Waals surface area contributed by atoms with E-state index in [2.05, 4.69) is 39.7 Å². The summed E-state index contributed by atoms with van der Waals surface area (Å²) in [5, 5.41) is 3.26. The fraction of sp³-hybridized carbons (Fsp3) is 0.533. The van der Waals surface area contributed by atoms with E-state index >= 15 is 0 Å². The Morgan fingerprint density at radius 1 is 1.42 bits per heavy atom. The van der Waals surface area contributed by atoms with Crippen molar-refractivity contribution in [2.24, 2.45) is 0 Å². The van der Waals surface area contributed by atoms with E-state index in [1.165, 1.54) is 0 Å². The predicted octanol–water partition coefficient (Wildman–Crippen LogP) is 0.0673. The van der Waals surface area contributed by atoms with E-state index in [1.807, 2.05) is 4.90 Å². The average Bonchev–Trinajstić information content (AvgIpc) is 2.99. The molecule has 0 atom stereocenters. The van der Waals surface area contributed by atoms with Crippen LogP contribution in [-0.2, 0) is 11.3 Å². The molecule has 0 aromatic carbocycles. The van der Waals surface area contributed by atoms with Crippen LogP contribution in [0.1, 0.15) is 34.8 Å². The van der Waals surface area contributed by atoms with Crippen LogP contribution < -0.4 is 14.9 Å². The molecule has 1 amide bonds. The van der Waals surface area contributed by atoms with Gasteiger partial charge in [0.2, 0.25) is 5.95 Å². The second-order valence-electron chi connectivity index (χ2n) is 5.02. The van der Waals surface area contributed by atoms with E-state index < -0.39 is 11.9 Å². The van der Waals surface area contributed by atoms with Crippen molar-refractivity contribution in [2.45, 2.75) is 20.4 Å². The SMILES string of the molecule is CC#CCn1c(N2CCNCC2)nc(C(=O)NS)c1C(=O)OCC. The zero-order valence-electron chi connectivity index (χ0n) is 13.8. The molecule has 0 bridgehead atoms. The average molecular weight is 351 g/mol. The van der Waals surface area contributed by atoms with Crippen LogP contribution in [0, 0.1) is 11.8 Å². The number of hydrogen-bond acceptors (Lipinski definition) is 7. The quantitative estimate of drug-likeness (QED) is 0.395. The molecule has 2 heterocycles. The van der Waals surface area contributed by atoms with Crippen LogP contribution in [0.5, 0.6) is 0 Å². The summed E-state index contributed by atoms with van der Waals surface area (Å²) in [4.78, 5) is 30.9. The molecule has 2 N–H and O–H groups in total. The molecule has 0 spiro atoms. The van der Waals surface area contributed by atoms with Gasteiger partial charge >= 0.3 is 5.97 Å². The van der Waals surface area contributed by atoms with Crippen LogP contribution in [0.3, 0.4) is 0 Å². The fourth-order valence-corrected chi connectivity index (χ4v) is 2.58. The number of carbonyl (C=O) groups is 2. The van der Waals surface area contributed by atoms with Gasteiger partial charge in [0, 0.05) is 26.2 Å². The number of nitrogens with one attached hydrogen (secondary N) is 2. The Bertz CT molecular complexity index is 671. The zero-order valence-corrected chi connectivity index (χ0v) is 14.7. The number of amides is 1. The molecule has 130 valence electrons. The molecule has 0 aliphatic carbocycles. The minimum atomic E-state index is -0.601. The second-order valence-corrected chi connectivity index (χ2v) is 5.24. The van der Waals surface area contributed by atoms with Crippen molar-refractivity contribution in [2.75, 3.05) is 37.7 Å². The Hall–Kier alpha value is -2.18. The molecule has 0 saturated carbocycles. The third-order valence-electron chi connectivity index (χ3n) is 3.55. The lowest BCUT2D eigenvalue weighted by Crippen LogP contribution is -2.44. The Kier molecular flexibility index (Phi) is 6.52. The van der Waals surface area contributed by atoms with Gasteiger partial charge in [0.05, 0.1) is 13.2 Å². The Balaban J connectivity index is 2.56. The van der Waals surface area contributed by atoms with E-state index in [0.29, 0.717) is 5.95 Å². The molecule has 1 saturated heterocycles. The molecule has 9 heteroatoms. The van der Waals surface area contributed by atoms with Crippen LogP contribution in [0.15, 0.2) is 0 Å². The number of nitrogens with zero attached hydrogens (tertiary/aromatic N) is 3. The highest BCUT2D eigenvalue weighted by atomic mass is 32.1. The molecule has 0 unspecified atom stereocenters. The van der Waals surface area contributed by atoms with Crippen LogP contribution in [0.25, 0.3) is 0 Å². The van der Waals surface area contributed by atoms with Gasteiger partial charge in [-0.25, -0.2) is 9.78 Å². The third-order valence-corrected chi connectivity index (χ3v) is 3.75. The lowest BCUT2D eigenvalue weighted by molar-refractivity contribution is 0.0511. The summed E-state index contributed by atoms with van der Waals surface area (Å²) in [6, 6.07) is 0. The summed E-state index contributed by atoms with van der Waals surface area (Å²) in [6.07, 6.45) is 0. The summed E-state index contributed by atoms with van der Waals surface area (Å²) >= 11 is 3.78. The maximum atomic E-state index is 12.4. The summed E-state index contributed by atoms with van der Waals surface area (Å²) in [6.45, 7) is 6.92. The smallest absolute Gasteiger partial charge is 0.357 e. The number of carbonyl (C=O) groups excluding carboxylic acids is 2. The van der Waals surface area contributed by atoms with Gasteiger partial charge in [-0.05, 0) is 13.8 Å². The molecular formula is C15H21N5O3S. The largest absolute Gasteiger partial charge is 0.461 e. The van der Waals surface area contributed by atoms with E-state index in [4.69, 9.17) is 4.74 Å². The first-order valence-corrected chi connectivity index (χ1v) is 8.16. The number of aromatic nitrogens is 2. The molecular weight excluding hydrogens is 330 g/mol. The van der Waals surface area contributed by atoms with Gasteiger partial charge in [-0.1, -0.05) is 18.7 Å². The summed E-state index contributed by atoms with van der Waals surface area (Å²) < 4.78 is 8.96. The lowest BCUT2D eigenvalue weighted by Gasteiger charge is -2.28. The number of hydrogen-bond donors (Lipinski definition) is 3. The number of rotatable bonds is 5. The van der Waals surface area contributed by atoms with E-state index in [0.717, 1.165) is 26.2 Å². The fourth-order valence-electron chi connectivity index (χ4n) is 2.47. The van der Waals surface area contributed by atoms with Crippen LogP contribution in [0.2, 0.25) is 0 Å². The van der Waals surface area contributed by atoms with Crippen molar-refractivity contribution in [1.29, 1.82) is 0 Å². The molecule has 1 aromatic rings. The maximum absolute atomic E-state index is 12.4. The maximum Gasteiger partial charge on any atom is 0.357 e. The van der Waals surface area contributed by atoms with Crippen LogP contribution in [-0.4, -0.2) is 54.2 Å². The molecule has 1 fully saturated rings. The van der Waals surface area contributed by atoms with E-state index in [-0.39, 0.29) is 24.5 Å². The second kappa shape index (κ2) is 8.61. The Morgan fingerprint density at radius 3 is 2.71 bits per heavy atom. The van der Waals surface area contributed by atoms with Crippen LogP contribution in [0.4, 0.5) is 5.95 Å². The zero-order chi connectivity index (χ0) is 17.5. The standard InChI is InChI=1S/C15H21N5O3S/c1-3-5-8-20-12(14(22)23-4-2)11(13(21)18-24)17-15(20)19-9-6-16-7-10-19/h16,24H,4,6-10H2,1-2H3,(H,18,21). The molecule has 1 aliphatic heterocycles. The van der Waals surface area contributed by atoms with Crippen molar-refractivity contribution < 1.29 is 14.3 Å². The predicted molar refractivity (Wildman–Crippen MR) is 93.2 cm³/mol. The topological polar surface area (TPSA) is 88.5 Å². The Labute approximate surface area is 146 Å². The number of ether oxygens (including phenoxy) is 1. The molecule has 1 aliphatic rings. The first-order valence-electron chi connectivity index (χ1n) is 7.71. The minimum absolute atomic E-state index is 0.00474. The summed E-state index contributed by atoms with van der Waals surface area (Å²) in [5.74, 6) is 5.10. The normalized spacial score (nSPS) is 13.9. The number of esters is 1. The van der Waals surface area contributed by atoms with Crippen molar-refractivity contribution >= 4 is 30.6 Å². The lowest BCUT2D eigenvalue weighted by atomic mass is 10.3. The van der Waals surface area contributed by atoms with Crippen LogP contribution >= 0.6 is 12.8 Å². The van der Waals surface area contributed by atoms with Gasteiger partial charge in [-0.3, -0.25) is 14.1 Å². The highest BCUT2D eigenvalue weighted by molar-refractivity contribution is 7.78.